The highest BCUT2D eigenvalue weighted by atomic mass is 16.3. The Labute approximate surface area is 153 Å². The fourth-order valence-corrected chi connectivity index (χ4v) is 6.72. The van der Waals surface area contributed by atoms with Crippen LogP contribution in [0, 0.1) is 28.6 Å². The molecule has 6 atom stereocenters. The summed E-state index contributed by atoms with van der Waals surface area (Å²) in [4.78, 5) is 38.2. The highest BCUT2D eigenvalue weighted by molar-refractivity contribution is 5.99. The molecular weight excluding hydrogens is 332 g/mol. The molecule has 26 heavy (non-hydrogen) atoms. The van der Waals surface area contributed by atoms with Gasteiger partial charge in [0.2, 0.25) is 0 Å². The van der Waals surface area contributed by atoms with Gasteiger partial charge in [-0.25, -0.2) is 0 Å². The normalized spacial score (nSPS) is 48.4. The van der Waals surface area contributed by atoms with Crippen molar-refractivity contribution in [2.45, 2.75) is 64.4 Å². The van der Waals surface area contributed by atoms with Gasteiger partial charge in [-0.3, -0.25) is 14.4 Å². The molecule has 3 fully saturated rings. The SMILES string of the molecule is C[C@]12CCC(=O)C=C1CC[C@@H]1[C@@H]2C(=O)C[C@]2(C)C(=O)[C@@](O)(CO)CC[C@@H]12. The average Bonchev–Trinajstić information content (AvgIpc) is 2.59. The molecule has 0 aromatic carbocycles. The van der Waals surface area contributed by atoms with Crippen LogP contribution in [-0.2, 0) is 14.4 Å². The van der Waals surface area contributed by atoms with Gasteiger partial charge in [0.25, 0.3) is 0 Å². The van der Waals surface area contributed by atoms with Crippen molar-refractivity contribution in [2.24, 2.45) is 28.6 Å². The second kappa shape index (κ2) is 5.59. The summed E-state index contributed by atoms with van der Waals surface area (Å²) in [6.07, 6.45) is 5.63. The smallest absolute Gasteiger partial charge is 0.173 e. The van der Waals surface area contributed by atoms with Crippen molar-refractivity contribution in [2.75, 3.05) is 6.61 Å². The third-order valence-corrected chi connectivity index (χ3v) is 8.12. The van der Waals surface area contributed by atoms with Crippen molar-refractivity contribution in [1.29, 1.82) is 0 Å². The number of carbonyl (C=O) groups excluding carboxylic acids is 3. The van der Waals surface area contributed by atoms with Crippen molar-refractivity contribution in [3.05, 3.63) is 11.6 Å². The van der Waals surface area contributed by atoms with Crippen LogP contribution in [0.2, 0.25) is 0 Å². The molecule has 5 nitrogen and oxygen atoms in total. The van der Waals surface area contributed by atoms with Gasteiger partial charge in [-0.1, -0.05) is 19.4 Å². The second-order valence-corrected chi connectivity index (χ2v) is 9.46. The molecule has 0 aliphatic heterocycles. The van der Waals surface area contributed by atoms with Crippen LogP contribution < -0.4 is 0 Å². The zero-order chi connectivity index (χ0) is 18.9. The molecule has 0 aromatic heterocycles. The lowest BCUT2D eigenvalue weighted by Gasteiger charge is -2.59. The highest BCUT2D eigenvalue weighted by Crippen LogP contribution is 2.63. The second-order valence-electron chi connectivity index (χ2n) is 9.46. The molecule has 0 spiro atoms. The topological polar surface area (TPSA) is 91.7 Å². The molecule has 4 rings (SSSR count). The third kappa shape index (κ3) is 2.19. The van der Waals surface area contributed by atoms with E-state index in [4.69, 9.17) is 0 Å². The van der Waals surface area contributed by atoms with Crippen LogP contribution in [0.4, 0.5) is 0 Å². The summed E-state index contributed by atoms with van der Waals surface area (Å²) in [5.41, 5.74) is -1.76. The molecule has 5 heteroatoms. The summed E-state index contributed by atoms with van der Waals surface area (Å²) in [5, 5.41) is 20.1. The molecular formula is C21H28O5. The zero-order valence-corrected chi connectivity index (χ0v) is 15.6. The van der Waals surface area contributed by atoms with E-state index in [9.17, 15) is 24.6 Å². The van der Waals surface area contributed by atoms with Gasteiger partial charge in [-0.15, -0.1) is 0 Å². The number of hydrogen-bond donors (Lipinski definition) is 2. The maximum atomic E-state index is 13.3. The lowest BCUT2D eigenvalue weighted by molar-refractivity contribution is -0.180. The average molecular weight is 360 g/mol. The van der Waals surface area contributed by atoms with Gasteiger partial charge in [0, 0.05) is 24.2 Å². The van der Waals surface area contributed by atoms with Gasteiger partial charge in [0.1, 0.15) is 11.4 Å². The maximum Gasteiger partial charge on any atom is 0.173 e. The molecule has 0 aromatic rings. The largest absolute Gasteiger partial charge is 0.393 e. The maximum absolute atomic E-state index is 13.3. The van der Waals surface area contributed by atoms with Crippen LogP contribution in [0.15, 0.2) is 11.6 Å². The molecule has 0 radical (unpaired) electrons. The lowest BCUT2D eigenvalue weighted by Crippen LogP contribution is -2.64. The summed E-state index contributed by atoms with van der Waals surface area (Å²) in [6.45, 7) is 3.35. The minimum Gasteiger partial charge on any atom is -0.393 e. The Hall–Kier alpha value is -1.33. The molecule has 0 heterocycles. The molecule has 0 bridgehead atoms. The van der Waals surface area contributed by atoms with E-state index in [1.165, 1.54) is 0 Å². The number of rotatable bonds is 1. The predicted octanol–water partition coefficient (Wildman–Crippen LogP) is 1.99. The van der Waals surface area contributed by atoms with Gasteiger partial charge in [-0.2, -0.15) is 0 Å². The predicted molar refractivity (Wildman–Crippen MR) is 94.1 cm³/mol. The molecule has 2 N–H and O–H groups in total. The van der Waals surface area contributed by atoms with E-state index < -0.39 is 17.6 Å². The molecule has 4 aliphatic rings. The molecule has 3 saturated carbocycles. The number of aliphatic hydroxyl groups excluding tert-OH is 1. The standard InChI is InChI=1S/C21H28O5/c1-19-7-5-13(23)9-12(19)3-4-14-15-6-8-21(26,11-22)18(25)20(15,2)10-16(24)17(14)19/h9,14-15,17,22,26H,3-8,10-11H2,1-2H3/t14-,15-,17+,19-,20-,21-/m0/s1. The fourth-order valence-electron chi connectivity index (χ4n) is 6.72. The van der Waals surface area contributed by atoms with Crippen molar-refractivity contribution in [1.82, 2.24) is 0 Å². The number of fused-ring (bicyclic) bond motifs is 5. The molecule has 0 unspecified atom stereocenters. The van der Waals surface area contributed by atoms with E-state index >= 15 is 0 Å². The van der Waals surface area contributed by atoms with E-state index in [-0.39, 0.29) is 53.4 Å². The van der Waals surface area contributed by atoms with Gasteiger partial charge in [0.15, 0.2) is 11.6 Å². The Morgan fingerprint density at radius 2 is 1.81 bits per heavy atom. The Morgan fingerprint density at radius 3 is 2.50 bits per heavy atom. The van der Waals surface area contributed by atoms with Crippen LogP contribution >= 0.6 is 0 Å². The summed E-state index contributed by atoms with van der Waals surface area (Å²) in [6, 6.07) is 0. The summed E-state index contributed by atoms with van der Waals surface area (Å²) in [5.74, 6) is -0.0800. The highest BCUT2D eigenvalue weighted by Gasteiger charge is 2.64. The van der Waals surface area contributed by atoms with E-state index in [0.29, 0.717) is 19.3 Å². The Kier molecular flexibility index (Phi) is 3.88. The van der Waals surface area contributed by atoms with Gasteiger partial charge in [0.05, 0.1) is 6.61 Å². The van der Waals surface area contributed by atoms with Crippen LogP contribution in [-0.4, -0.2) is 39.8 Å². The first-order valence-electron chi connectivity index (χ1n) is 9.80. The van der Waals surface area contributed by atoms with Crippen molar-refractivity contribution >= 4 is 17.3 Å². The lowest BCUT2D eigenvalue weighted by atomic mass is 9.43. The zero-order valence-electron chi connectivity index (χ0n) is 15.6. The van der Waals surface area contributed by atoms with Crippen LogP contribution in [0.5, 0.6) is 0 Å². The van der Waals surface area contributed by atoms with Crippen molar-refractivity contribution in [3.63, 3.8) is 0 Å². The number of hydrogen-bond acceptors (Lipinski definition) is 5. The number of Topliss-reactive ketones (excluding diaryl/α,β-unsaturated/α-hetero) is 2. The van der Waals surface area contributed by atoms with Gasteiger partial charge < -0.3 is 10.2 Å². The Bertz CT molecular complexity index is 724. The summed E-state index contributed by atoms with van der Waals surface area (Å²) >= 11 is 0. The van der Waals surface area contributed by atoms with E-state index in [2.05, 4.69) is 6.92 Å². The number of carbonyl (C=O) groups is 3. The Balaban J connectivity index is 1.74. The third-order valence-electron chi connectivity index (χ3n) is 8.12. The number of aliphatic hydroxyl groups is 2. The monoisotopic (exact) mass is 360 g/mol. The van der Waals surface area contributed by atoms with Gasteiger partial charge in [-0.05, 0) is 55.4 Å². The molecule has 0 saturated heterocycles. The molecule has 0 amide bonds. The quantitative estimate of drug-likeness (QED) is 0.746. The van der Waals surface area contributed by atoms with Crippen LogP contribution in [0.3, 0.4) is 0 Å². The van der Waals surface area contributed by atoms with E-state index in [0.717, 1.165) is 18.4 Å². The molecule has 4 aliphatic carbocycles. The minimum atomic E-state index is -1.71. The van der Waals surface area contributed by atoms with Crippen molar-refractivity contribution < 1.29 is 24.6 Å². The Morgan fingerprint density at radius 1 is 1.08 bits per heavy atom. The first kappa shape index (κ1) is 18.1. The van der Waals surface area contributed by atoms with E-state index in [1.807, 2.05) is 6.92 Å². The fraction of sp³-hybridized carbons (Fsp3) is 0.762. The van der Waals surface area contributed by atoms with E-state index in [1.54, 1.807) is 6.08 Å². The summed E-state index contributed by atoms with van der Waals surface area (Å²) < 4.78 is 0. The first-order valence-corrected chi connectivity index (χ1v) is 9.80. The van der Waals surface area contributed by atoms with Crippen LogP contribution in [0.25, 0.3) is 0 Å². The first-order chi connectivity index (χ1) is 12.2. The minimum absolute atomic E-state index is 0.0560. The van der Waals surface area contributed by atoms with Crippen LogP contribution in [0.1, 0.15) is 58.8 Å². The van der Waals surface area contributed by atoms with Gasteiger partial charge >= 0.3 is 0 Å². The number of allylic oxidation sites excluding steroid dienone is 2. The molecule has 142 valence electrons. The number of ketones is 3. The summed E-state index contributed by atoms with van der Waals surface area (Å²) in [7, 11) is 0. The van der Waals surface area contributed by atoms with Crippen molar-refractivity contribution in [3.8, 4) is 0 Å².